The summed E-state index contributed by atoms with van der Waals surface area (Å²) in [4.78, 5) is 38.0. The molecule has 0 N–H and O–H groups in total. The number of rotatable bonds is 4. The first-order valence-corrected chi connectivity index (χ1v) is 8.97. The fourth-order valence-electron chi connectivity index (χ4n) is 3.33. The molecule has 0 unspecified atom stereocenters. The maximum atomic E-state index is 12.6. The summed E-state index contributed by atoms with van der Waals surface area (Å²) < 4.78 is 4.70. The second-order valence-electron chi connectivity index (χ2n) is 6.59. The molecule has 0 atom stereocenters. The molecule has 0 fully saturated rings. The van der Waals surface area contributed by atoms with Crippen LogP contribution in [0, 0.1) is 0 Å². The van der Waals surface area contributed by atoms with Crippen molar-refractivity contribution in [2.24, 2.45) is 0 Å². The summed E-state index contributed by atoms with van der Waals surface area (Å²) in [5.41, 5.74) is 4.25. The van der Waals surface area contributed by atoms with Crippen LogP contribution in [0.15, 0.2) is 79.4 Å². The van der Waals surface area contributed by atoms with Gasteiger partial charge in [0.05, 0.1) is 29.5 Å². The first-order valence-electron chi connectivity index (χ1n) is 8.97. The zero-order valence-electron chi connectivity index (χ0n) is 15.7. The van der Waals surface area contributed by atoms with Crippen LogP contribution < -0.4 is 4.90 Å². The van der Waals surface area contributed by atoms with E-state index in [2.05, 4.69) is 6.58 Å². The van der Waals surface area contributed by atoms with Gasteiger partial charge in [0.15, 0.2) is 0 Å². The number of nitrogens with zero attached hydrogens (tertiary/aromatic N) is 1. The van der Waals surface area contributed by atoms with Crippen LogP contribution in [0.5, 0.6) is 0 Å². The number of carbonyl (C=O) groups is 3. The van der Waals surface area contributed by atoms with Crippen molar-refractivity contribution in [3.8, 4) is 0 Å². The highest BCUT2D eigenvalue weighted by molar-refractivity contribution is 6.34. The van der Waals surface area contributed by atoms with E-state index in [0.29, 0.717) is 22.4 Å². The Kier molecular flexibility index (Phi) is 4.56. The van der Waals surface area contributed by atoms with Crippen molar-refractivity contribution in [3.05, 3.63) is 107 Å². The van der Waals surface area contributed by atoms with Gasteiger partial charge in [-0.2, -0.15) is 0 Å². The topological polar surface area (TPSA) is 63.7 Å². The number of methoxy groups -OCH3 is 1. The number of hydrogen-bond donors (Lipinski definition) is 0. The van der Waals surface area contributed by atoms with Crippen LogP contribution in [0.1, 0.15) is 42.2 Å². The number of esters is 1. The van der Waals surface area contributed by atoms with Crippen molar-refractivity contribution in [3.63, 3.8) is 0 Å². The quantitative estimate of drug-likeness (QED) is 0.497. The van der Waals surface area contributed by atoms with Gasteiger partial charge >= 0.3 is 5.97 Å². The predicted molar refractivity (Wildman–Crippen MR) is 110 cm³/mol. The van der Waals surface area contributed by atoms with Gasteiger partial charge < -0.3 is 4.74 Å². The summed E-state index contributed by atoms with van der Waals surface area (Å²) in [6, 6.07) is 20.8. The van der Waals surface area contributed by atoms with Crippen molar-refractivity contribution in [2.45, 2.75) is 0 Å². The Morgan fingerprint density at radius 1 is 0.759 bits per heavy atom. The SMILES string of the molecule is C=C(c1ccc(C(=O)OC)cc1)c1ccc(N2C(=O)c3ccccc3C2=O)cc1. The molecule has 5 nitrogen and oxygen atoms in total. The molecule has 5 heteroatoms. The highest BCUT2D eigenvalue weighted by Crippen LogP contribution is 2.30. The minimum atomic E-state index is -0.396. The number of benzene rings is 3. The smallest absolute Gasteiger partial charge is 0.337 e. The standard InChI is InChI=1S/C24H17NO4/c1-15(16-7-9-18(10-8-16)24(28)29-2)17-11-13-19(14-12-17)25-22(26)20-5-3-4-6-21(20)23(25)27/h3-14H,1H2,2H3. The summed E-state index contributed by atoms with van der Waals surface area (Å²) in [7, 11) is 1.34. The van der Waals surface area contributed by atoms with E-state index in [4.69, 9.17) is 4.74 Å². The normalized spacial score (nSPS) is 12.7. The molecule has 0 aliphatic carbocycles. The molecular formula is C24H17NO4. The molecule has 1 aliphatic rings. The molecule has 0 saturated heterocycles. The van der Waals surface area contributed by atoms with Crippen LogP contribution in [-0.2, 0) is 4.74 Å². The maximum absolute atomic E-state index is 12.6. The van der Waals surface area contributed by atoms with Crippen LogP contribution in [-0.4, -0.2) is 24.9 Å². The fraction of sp³-hybridized carbons (Fsp3) is 0.0417. The van der Waals surface area contributed by atoms with Gasteiger partial charge in [0.2, 0.25) is 0 Å². The van der Waals surface area contributed by atoms with E-state index in [-0.39, 0.29) is 11.8 Å². The van der Waals surface area contributed by atoms with E-state index >= 15 is 0 Å². The average molecular weight is 383 g/mol. The van der Waals surface area contributed by atoms with E-state index in [0.717, 1.165) is 16.7 Å². The van der Waals surface area contributed by atoms with E-state index in [1.54, 1.807) is 60.7 Å². The molecule has 3 aromatic carbocycles. The van der Waals surface area contributed by atoms with E-state index < -0.39 is 5.97 Å². The highest BCUT2D eigenvalue weighted by atomic mass is 16.5. The number of imide groups is 1. The van der Waals surface area contributed by atoms with Crippen LogP contribution in [0.4, 0.5) is 5.69 Å². The van der Waals surface area contributed by atoms with Gasteiger partial charge in [-0.3, -0.25) is 9.59 Å². The number of amides is 2. The second kappa shape index (κ2) is 7.20. The molecule has 0 aromatic heterocycles. The lowest BCUT2D eigenvalue weighted by atomic mass is 9.98. The lowest BCUT2D eigenvalue weighted by Crippen LogP contribution is -2.29. The molecule has 29 heavy (non-hydrogen) atoms. The monoisotopic (exact) mass is 383 g/mol. The van der Waals surface area contributed by atoms with E-state index in [9.17, 15) is 14.4 Å². The lowest BCUT2D eigenvalue weighted by Gasteiger charge is -2.15. The van der Waals surface area contributed by atoms with Gasteiger partial charge in [-0.05, 0) is 53.1 Å². The van der Waals surface area contributed by atoms with Crippen molar-refractivity contribution in [1.82, 2.24) is 0 Å². The van der Waals surface area contributed by atoms with Gasteiger partial charge in [-0.25, -0.2) is 9.69 Å². The molecular weight excluding hydrogens is 366 g/mol. The Morgan fingerprint density at radius 2 is 1.21 bits per heavy atom. The maximum Gasteiger partial charge on any atom is 0.337 e. The molecule has 142 valence electrons. The summed E-state index contributed by atoms with van der Waals surface area (Å²) in [6.45, 7) is 4.12. The second-order valence-corrected chi connectivity index (χ2v) is 6.59. The number of fused-ring (bicyclic) bond motifs is 1. The summed E-state index contributed by atoms with van der Waals surface area (Å²) in [6.07, 6.45) is 0. The molecule has 3 aromatic rings. The third kappa shape index (κ3) is 3.12. The van der Waals surface area contributed by atoms with Crippen LogP contribution >= 0.6 is 0 Å². The molecule has 0 radical (unpaired) electrons. The molecule has 0 saturated carbocycles. The van der Waals surface area contributed by atoms with Crippen molar-refractivity contribution >= 4 is 29.0 Å². The third-order valence-corrected chi connectivity index (χ3v) is 4.92. The van der Waals surface area contributed by atoms with Gasteiger partial charge in [0.1, 0.15) is 0 Å². The largest absolute Gasteiger partial charge is 0.465 e. The van der Waals surface area contributed by atoms with Crippen LogP contribution in [0.2, 0.25) is 0 Å². The van der Waals surface area contributed by atoms with Gasteiger partial charge in [0.25, 0.3) is 11.8 Å². The van der Waals surface area contributed by atoms with Gasteiger partial charge in [0, 0.05) is 0 Å². The number of ether oxygens (including phenoxy) is 1. The first kappa shape index (κ1) is 18.4. The third-order valence-electron chi connectivity index (χ3n) is 4.92. The molecule has 4 rings (SSSR count). The van der Waals surface area contributed by atoms with E-state index in [1.807, 2.05) is 12.1 Å². The van der Waals surface area contributed by atoms with Crippen molar-refractivity contribution in [2.75, 3.05) is 12.0 Å². The first-order chi connectivity index (χ1) is 14.0. The summed E-state index contributed by atoms with van der Waals surface area (Å²) >= 11 is 0. The molecule has 1 aliphatic heterocycles. The Balaban J connectivity index is 1.57. The number of anilines is 1. The Bertz CT molecular complexity index is 1110. The zero-order chi connectivity index (χ0) is 20.5. The Labute approximate surface area is 167 Å². The number of carbonyl (C=O) groups excluding carboxylic acids is 3. The summed E-state index contributed by atoms with van der Waals surface area (Å²) in [5.74, 6) is -1.04. The fourth-order valence-corrected chi connectivity index (χ4v) is 3.33. The van der Waals surface area contributed by atoms with Crippen molar-refractivity contribution in [1.29, 1.82) is 0 Å². The Hall–Kier alpha value is -3.99. The molecule has 2 amide bonds. The zero-order valence-corrected chi connectivity index (χ0v) is 15.7. The molecule has 0 bridgehead atoms. The average Bonchev–Trinajstić information content (AvgIpc) is 3.03. The Morgan fingerprint density at radius 3 is 1.69 bits per heavy atom. The van der Waals surface area contributed by atoms with Crippen LogP contribution in [0.3, 0.4) is 0 Å². The minimum absolute atomic E-state index is 0.324. The predicted octanol–water partition coefficient (Wildman–Crippen LogP) is 4.34. The minimum Gasteiger partial charge on any atom is -0.465 e. The molecule has 0 spiro atoms. The van der Waals surface area contributed by atoms with Gasteiger partial charge in [-0.15, -0.1) is 0 Å². The van der Waals surface area contributed by atoms with Crippen molar-refractivity contribution < 1.29 is 19.1 Å². The van der Waals surface area contributed by atoms with Gasteiger partial charge in [-0.1, -0.05) is 43.0 Å². The molecule has 1 heterocycles. The lowest BCUT2D eigenvalue weighted by molar-refractivity contribution is 0.0600. The van der Waals surface area contributed by atoms with E-state index in [1.165, 1.54) is 12.0 Å². The summed E-state index contributed by atoms with van der Waals surface area (Å²) in [5, 5.41) is 0. The number of hydrogen-bond acceptors (Lipinski definition) is 4. The highest BCUT2D eigenvalue weighted by Gasteiger charge is 2.36. The van der Waals surface area contributed by atoms with Crippen LogP contribution in [0.25, 0.3) is 5.57 Å².